The Kier molecular flexibility index (Phi) is 3.46. The molecule has 116 valence electrons. The van der Waals surface area contributed by atoms with E-state index in [2.05, 4.69) is 20.6 Å². The fraction of sp³-hybridized carbons (Fsp3) is 0.176. The lowest BCUT2D eigenvalue weighted by Crippen LogP contribution is -1.92. The molecular weight excluding hydrogens is 310 g/mol. The largest absolute Gasteiger partial charge is 0.459 e. The zero-order valence-electron chi connectivity index (χ0n) is 12.8. The molecule has 0 bridgehead atoms. The number of nitrogens with zero attached hydrogens (tertiary/aromatic N) is 3. The molecule has 0 spiro atoms. The van der Waals surface area contributed by atoms with Crippen molar-refractivity contribution in [3.8, 4) is 11.7 Å². The van der Waals surface area contributed by atoms with E-state index < -0.39 is 0 Å². The molecule has 3 aromatic heterocycles. The second-order valence-electron chi connectivity index (χ2n) is 5.23. The number of thioether (sulfide) groups is 1. The van der Waals surface area contributed by atoms with Crippen LogP contribution in [-0.2, 0) is 12.8 Å². The molecule has 3 heterocycles. The van der Waals surface area contributed by atoms with Crippen molar-refractivity contribution in [2.24, 2.45) is 7.05 Å². The third-order valence-electron chi connectivity index (χ3n) is 3.71. The van der Waals surface area contributed by atoms with Crippen LogP contribution in [0.5, 0.6) is 0 Å². The van der Waals surface area contributed by atoms with E-state index in [4.69, 9.17) is 8.83 Å². The summed E-state index contributed by atoms with van der Waals surface area (Å²) in [4.78, 5) is 9.20. The van der Waals surface area contributed by atoms with Crippen molar-refractivity contribution in [3.63, 3.8) is 0 Å². The maximum absolute atomic E-state index is 5.69. The third kappa shape index (κ3) is 2.55. The average Bonchev–Trinajstić information content (AvgIpc) is 3.26. The van der Waals surface area contributed by atoms with E-state index in [1.54, 1.807) is 18.0 Å². The summed E-state index contributed by atoms with van der Waals surface area (Å²) in [5.41, 5.74) is 3.04. The topological polar surface area (TPSA) is 57.0 Å². The van der Waals surface area contributed by atoms with Gasteiger partial charge in [-0.2, -0.15) is 0 Å². The SMILES string of the molecule is Cc1oc(-c2ccco2)nc1CSc1nc2ccccc2n1C. The van der Waals surface area contributed by atoms with Crippen LogP contribution in [0, 0.1) is 6.92 Å². The van der Waals surface area contributed by atoms with Gasteiger partial charge < -0.3 is 13.4 Å². The van der Waals surface area contributed by atoms with Gasteiger partial charge in [0.25, 0.3) is 5.89 Å². The average molecular weight is 325 g/mol. The molecule has 0 unspecified atom stereocenters. The van der Waals surface area contributed by atoms with Crippen molar-refractivity contribution in [1.82, 2.24) is 14.5 Å². The molecule has 0 fully saturated rings. The van der Waals surface area contributed by atoms with Crippen molar-refractivity contribution in [2.75, 3.05) is 0 Å². The van der Waals surface area contributed by atoms with Gasteiger partial charge in [-0.15, -0.1) is 0 Å². The van der Waals surface area contributed by atoms with Crippen LogP contribution in [0.2, 0.25) is 0 Å². The summed E-state index contributed by atoms with van der Waals surface area (Å²) in [6.07, 6.45) is 1.61. The molecule has 0 N–H and O–H groups in total. The Morgan fingerprint density at radius 3 is 2.78 bits per heavy atom. The minimum atomic E-state index is 0.521. The Bertz CT molecular complexity index is 954. The summed E-state index contributed by atoms with van der Waals surface area (Å²) >= 11 is 1.65. The van der Waals surface area contributed by atoms with Crippen LogP contribution in [0.15, 0.2) is 56.7 Å². The monoisotopic (exact) mass is 325 g/mol. The number of oxazole rings is 1. The highest BCUT2D eigenvalue weighted by Gasteiger charge is 2.15. The van der Waals surface area contributed by atoms with Crippen molar-refractivity contribution in [3.05, 3.63) is 54.1 Å². The number of fused-ring (bicyclic) bond motifs is 1. The first-order valence-electron chi connectivity index (χ1n) is 7.27. The van der Waals surface area contributed by atoms with Crippen LogP contribution in [0.3, 0.4) is 0 Å². The molecule has 4 rings (SSSR count). The molecule has 5 nitrogen and oxygen atoms in total. The van der Waals surface area contributed by atoms with Crippen LogP contribution in [-0.4, -0.2) is 14.5 Å². The molecule has 0 aliphatic rings. The number of rotatable bonds is 4. The van der Waals surface area contributed by atoms with Crippen LogP contribution in [0.4, 0.5) is 0 Å². The van der Waals surface area contributed by atoms with Gasteiger partial charge in [0, 0.05) is 12.8 Å². The van der Waals surface area contributed by atoms with E-state index in [0.717, 1.165) is 27.6 Å². The number of hydrogen-bond donors (Lipinski definition) is 0. The molecule has 0 atom stereocenters. The van der Waals surface area contributed by atoms with Gasteiger partial charge in [0.1, 0.15) is 5.76 Å². The summed E-state index contributed by atoms with van der Waals surface area (Å²) in [6.45, 7) is 1.92. The Labute approximate surface area is 137 Å². The Morgan fingerprint density at radius 2 is 2.00 bits per heavy atom. The van der Waals surface area contributed by atoms with Crippen molar-refractivity contribution >= 4 is 22.8 Å². The third-order valence-corrected chi connectivity index (χ3v) is 4.75. The minimum Gasteiger partial charge on any atom is -0.459 e. The zero-order chi connectivity index (χ0) is 15.8. The summed E-state index contributed by atoms with van der Waals surface area (Å²) in [6, 6.07) is 11.8. The molecule has 0 amide bonds. The van der Waals surface area contributed by atoms with E-state index >= 15 is 0 Å². The second kappa shape index (κ2) is 5.62. The summed E-state index contributed by atoms with van der Waals surface area (Å²) in [7, 11) is 2.03. The smallest absolute Gasteiger partial charge is 0.263 e. The predicted octanol–water partition coefficient (Wildman–Crippen LogP) is 4.42. The number of para-hydroxylation sites is 2. The zero-order valence-corrected chi connectivity index (χ0v) is 13.6. The van der Waals surface area contributed by atoms with Crippen LogP contribution >= 0.6 is 11.8 Å². The molecule has 23 heavy (non-hydrogen) atoms. The molecular formula is C17H15N3O2S. The highest BCUT2D eigenvalue weighted by Crippen LogP contribution is 2.28. The van der Waals surface area contributed by atoms with Crippen molar-refractivity contribution in [2.45, 2.75) is 17.8 Å². The maximum atomic E-state index is 5.69. The lowest BCUT2D eigenvalue weighted by Gasteiger charge is -2.00. The van der Waals surface area contributed by atoms with Gasteiger partial charge in [-0.25, -0.2) is 9.97 Å². The fourth-order valence-corrected chi connectivity index (χ4v) is 3.44. The first-order chi connectivity index (χ1) is 11.2. The fourth-order valence-electron chi connectivity index (χ4n) is 2.45. The molecule has 0 radical (unpaired) electrons. The van der Waals surface area contributed by atoms with Crippen LogP contribution in [0.1, 0.15) is 11.5 Å². The number of aryl methyl sites for hydroxylation is 2. The van der Waals surface area contributed by atoms with Gasteiger partial charge in [-0.05, 0) is 31.2 Å². The quantitative estimate of drug-likeness (QED) is 0.520. The number of hydrogen-bond acceptors (Lipinski definition) is 5. The van der Waals surface area contributed by atoms with E-state index in [9.17, 15) is 0 Å². The van der Waals surface area contributed by atoms with Gasteiger partial charge in [0.05, 0.1) is 23.0 Å². The molecule has 1 aromatic carbocycles. The Morgan fingerprint density at radius 1 is 1.13 bits per heavy atom. The van der Waals surface area contributed by atoms with Gasteiger partial charge in [0.2, 0.25) is 0 Å². The van der Waals surface area contributed by atoms with Gasteiger partial charge in [-0.3, -0.25) is 0 Å². The summed E-state index contributed by atoms with van der Waals surface area (Å²) < 4.78 is 13.1. The van der Waals surface area contributed by atoms with Gasteiger partial charge in [0.15, 0.2) is 10.9 Å². The summed E-state index contributed by atoms with van der Waals surface area (Å²) in [5, 5.41) is 0.966. The standard InChI is InChI=1S/C17H15N3O2S/c1-11-13(18-16(22-11)15-8-5-9-21-15)10-23-17-19-12-6-3-4-7-14(12)20(17)2/h3-9H,10H2,1-2H3. The minimum absolute atomic E-state index is 0.521. The molecule has 4 aromatic rings. The van der Waals surface area contributed by atoms with E-state index in [-0.39, 0.29) is 0 Å². The molecule has 0 saturated carbocycles. The first-order valence-corrected chi connectivity index (χ1v) is 8.25. The Balaban J connectivity index is 1.58. The normalized spacial score (nSPS) is 11.4. The molecule has 0 aliphatic heterocycles. The highest BCUT2D eigenvalue weighted by atomic mass is 32.2. The molecule has 6 heteroatoms. The Hall–Kier alpha value is -2.47. The number of furan rings is 1. The van der Waals surface area contributed by atoms with Crippen LogP contribution < -0.4 is 0 Å². The van der Waals surface area contributed by atoms with E-state index in [1.165, 1.54) is 0 Å². The number of aromatic nitrogens is 3. The first kappa shape index (κ1) is 14.1. The molecule has 0 saturated heterocycles. The second-order valence-corrected chi connectivity index (χ2v) is 6.17. The van der Waals surface area contributed by atoms with Gasteiger partial charge in [-0.1, -0.05) is 23.9 Å². The predicted molar refractivity (Wildman–Crippen MR) is 89.2 cm³/mol. The van der Waals surface area contributed by atoms with Crippen molar-refractivity contribution in [1.29, 1.82) is 0 Å². The maximum Gasteiger partial charge on any atom is 0.263 e. The lowest BCUT2D eigenvalue weighted by atomic mass is 10.3. The van der Waals surface area contributed by atoms with E-state index in [1.807, 2.05) is 44.3 Å². The summed E-state index contributed by atoms with van der Waals surface area (Å²) in [5.74, 6) is 2.68. The van der Waals surface area contributed by atoms with Gasteiger partial charge >= 0.3 is 0 Å². The van der Waals surface area contributed by atoms with E-state index in [0.29, 0.717) is 17.4 Å². The van der Waals surface area contributed by atoms with Crippen molar-refractivity contribution < 1.29 is 8.83 Å². The van der Waals surface area contributed by atoms with Crippen LogP contribution in [0.25, 0.3) is 22.7 Å². The number of imidazole rings is 1. The molecule has 0 aliphatic carbocycles. The number of benzene rings is 1. The highest BCUT2D eigenvalue weighted by molar-refractivity contribution is 7.98. The lowest BCUT2D eigenvalue weighted by molar-refractivity contribution is 0.500.